The molecule has 4 aromatic rings. The highest BCUT2D eigenvalue weighted by molar-refractivity contribution is 7.92. The van der Waals surface area contributed by atoms with Crippen LogP contribution in [0.5, 0.6) is 5.75 Å². The molecular weight excluding hydrogens is 628 g/mol. The van der Waals surface area contributed by atoms with Crippen molar-refractivity contribution in [1.29, 1.82) is 0 Å². The molecule has 4 aromatic carbocycles. The van der Waals surface area contributed by atoms with Crippen LogP contribution in [0.25, 0.3) is 0 Å². The zero-order valence-corrected chi connectivity index (χ0v) is 27.6. The molecule has 48 heavy (non-hydrogen) atoms. The van der Waals surface area contributed by atoms with E-state index >= 15 is 0 Å². The Bertz CT molecular complexity index is 1980. The van der Waals surface area contributed by atoms with Gasteiger partial charge in [0.2, 0.25) is 0 Å². The first-order chi connectivity index (χ1) is 23.2. The lowest BCUT2D eigenvalue weighted by Crippen LogP contribution is -2.39. The Labute approximate surface area is 280 Å². The number of ether oxygens (including phenoxy) is 2. The van der Waals surface area contributed by atoms with Gasteiger partial charge in [-0.1, -0.05) is 48.6 Å². The van der Waals surface area contributed by atoms with Gasteiger partial charge in [-0.05, 0) is 96.6 Å². The number of sulfonamides is 1. The number of allylic oxidation sites excluding steroid dienone is 2. The second-order valence-corrected chi connectivity index (χ2v) is 13.5. The normalized spacial score (nSPS) is 18.2. The highest BCUT2D eigenvalue weighted by Crippen LogP contribution is 2.50. The fraction of sp³-hybridized carbons (Fsp3) is 0.216. The molecule has 1 amide bonds. The number of carbonyl (C=O) groups is 2. The fourth-order valence-electron chi connectivity index (χ4n) is 6.25. The van der Waals surface area contributed by atoms with Gasteiger partial charge in [0.25, 0.3) is 15.9 Å². The third kappa shape index (κ3) is 6.54. The van der Waals surface area contributed by atoms with E-state index < -0.39 is 22.5 Å². The van der Waals surface area contributed by atoms with Crippen molar-refractivity contribution in [3.8, 4) is 5.75 Å². The van der Waals surface area contributed by atoms with Gasteiger partial charge < -0.3 is 14.8 Å². The van der Waals surface area contributed by atoms with E-state index in [1.807, 2.05) is 24.3 Å². The summed E-state index contributed by atoms with van der Waals surface area (Å²) in [7, 11) is -1.21. The fourth-order valence-corrected chi connectivity index (χ4v) is 7.68. The molecule has 0 aromatic heterocycles. The van der Waals surface area contributed by atoms with Gasteiger partial charge in [-0.3, -0.25) is 9.10 Å². The first kappa shape index (κ1) is 32.5. The van der Waals surface area contributed by atoms with E-state index in [4.69, 9.17) is 9.47 Å². The van der Waals surface area contributed by atoms with E-state index in [1.54, 1.807) is 61.5 Å². The number of fused-ring (bicyclic) bond motifs is 3. The minimum atomic E-state index is -4.08. The third-order valence-electron chi connectivity index (χ3n) is 8.80. The van der Waals surface area contributed by atoms with Gasteiger partial charge in [-0.15, -0.1) is 0 Å². The summed E-state index contributed by atoms with van der Waals surface area (Å²) in [6, 6.07) is 28.1. The van der Waals surface area contributed by atoms with Crippen LogP contribution < -0.4 is 19.8 Å². The van der Waals surface area contributed by atoms with Crippen LogP contribution in [0.1, 0.15) is 52.4 Å². The summed E-state index contributed by atoms with van der Waals surface area (Å²) in [4.78, 5) is 25.1. The van der Waals surface area contributed by atoms with Gasteiger partial charge >= 0.3 is 5.97 Å². The Morgan fingerprint density at radius 1 is 0.938 bits per heavy atom. The highest BCUT2D eigenvalue weighted by Gasteiger charge is 2.38. The Hall–Kier alpha value is -5.42. The summed E-state index contributed by atoms with van der Waals surface area (Å²) < 4.78 is 38.4. The van der Waals surface area contributed by atoms with Crippen molar-refractivity contribution in [2.75, 3.05) is 30.4 Å². The van der Waals surface area contributed by atoms with Crippen LogP contribution in [0, 0.1) is 5.92 Å². The number of methoxy groups -OCH3 is 2. The minimum Gasteiger partial charge on any atom is -0.497 e. The standard InChI is InChI=1S/C37H36N4O6S/c1-24(39-40-35(42)23-41(28-8-5-4-6-9-28)48(44,45)30-19-17-29(46-2)18-20-30)27-16-21-34-33(22-27)31-10-7-11-32(31)36(38-34)25-12-14-26(15-13-25)37(43)47-3/h4-10,12-22,31-32,36,38H,11,23H2,1-3H3,(H,40,42)/b39-24+/t31-,32+,36+/m1/s1. The molecule has 1 heterocycles. The number of carbonyl (C=O) groups excluding carboxylic acids is 2. The number of anilines is 2. The van der Waals surface area contributed by atoms with Gasteiger partial charge in [0, 0.05) is 11.6 Å². The van der Waals surface area contributed by atoms with Crippen LogP contribution in [0.2, 0.25) is 0 Å². The summed E-state index contributed by atoms with van der Waals surface area (Å²) in [6.07, 6.45) is 5.35. The molecular formula is C37H36N4O6S. The number of hydrogen-bond acceptors (Lipinski definition) is 8. The molecule has 1 aliphatic carbocycles. The van der Waals surface area contributed by atoms with Crippen LogP contribution in [0.15, 0.2) is 119 Å². The van der Waals surface area contributed by atoms with Crippen LogP contribution in [-0.4, -0.2) is 46.8 Å². The Kier molecular flexibility index (Phi) is 9.31. The van der Waals surface area contributed by atoms with E-state index in [1.165, 1.54) is 26.4 Å². The second kappa shape index (κ2) is 13.7. The number of benzene rings is 4. The molecule has 0 unspecified atom stereocenters. The SMILES string of the molecule is COC(=O)c1ccc([C@@H]2Nc3ccc(/C(C)=N/NC(=O)CN(c4ccccc4)S(=O)(=O)c4ccc(OC)cc4)cc3[C@@H]3C=CC[C@@H]32)cc1. The zero-order chi connectivity index (χ0) is 33.8. The van der Waals surface area contributed by atoms with Gasteiger partial charge in [0.1, 0.15) is 12.3 Å². The van der Waals surface area contributed by atoms with E-state index in [0.29, 0.717) is 22.7 Å². The largest absolute Gasteiger partial charge is 0.497 e. The van der Waals surface area contributed by atoms with Gasteiger partial charge in [-0.2, -0.15) is 5.10 Å². The summed E-state index contributed by atoms with van der Waals surface area (Å²) in [5.74, 6) is 0.0278. The molecule has 2 aliphatic rings. The molecule has 6 rings (SSSR count). The average Bonchev–Trinajstić information content (AvgIpc) is 3.63. The summed E-state index contributed by atoms with van der Waals surface area (Å²) >= 11 is 0. The van der Waals surface area contributed by atoms with E-state index in [0.717, 1.165) is 33.1 Å². The van der Waals surface area contributed by atoms with Crippen molar-refractivity contribution in [1.82, 2.24) is 5.43 Å². The molecule has 246 valence electrons. The number of rotatable bonds is 10. The molecule has 0 radical (unpaired) electrons. The molecule has 11 heteroatoms. The molecule has 0 saturated heterocycles. The van der Waals surface area contributed by atoms with Crippen molar-refractivity contribution in [3.05, 3.63) is 131 Å². The zero-order valence-electron chi connectivity index (χ0n) is 26.8. The minimum absolute atomic E-state index is 0.0296. The van der Waals surface area contributed by atoms with Crippen molar-refractivity contribution < 1.29 is 27.5 Å². The van der Waals surface area contributed by atoms with E-state index in [2.05, 4.69) is 34.1 Å². The van der Waals surface area contributed by atoms with Crippen LogP contribution >= 0.6 is 0 Å². The first-order valence-electron chi connectivity index (χ1n) is 15.5. The van der Waals surface area contributed by atoms with E-state index in [9.17, 15) is 18.0 Å². The van der Waals surface area contributed by atoms with Crippen molar-refractivity contribution in [3.63, 3.8) is 0 Å². The first-order valence-corrected chi connectivity index (χ1v) is 16.9. The number of nitrogens with one attached hydrogen (secondary N) is 2. The molecule has 1 aliphatic heterocycles. The number of hydrogen-bond donors (Lipinski definition) is 2. The molecule has 2 N–H and O–H groups in total. The predicted octanol–water partition coefficient (Wildman–Crippen LogP) is 6.04. The lowest BCUT2D eigenvalue weighted by molar-refractivity contribution is -0.119. The monoisotopic (exact) mass is 664 g/mol. The number of para-hydroxylation sites is 1. The maximum absolute atomic E-state index is 13.7. The van der Waals surface area contributed by atoms with Crippen LogP contribution in [-0.2, 0) is 19.6 Å². The summed E-state index contributed by atoms with van der Waals surface area (Å²) in [5.41, 5.74) is 8.06. The molecule has 10 nitrogen and oxygen atoms in total. The summed E-state index contributed by atoms with van der Waals surface area (Å²) in [5, 5.41) is 8.05. The molecule has 0 bridgehead atoms. The summed E-state index contributed by atoms with van der Waals surface area (Å²) in [6.45, 7) is 1.33. The molecule has 0 saturated carbocycles. The third-order valence-corrected chi connectivity index (χ3v) is 10.6. The van der Waals surface area contributed by atoms with Gasteiger partial charge in [-0.25, -0.2) is 18.6 Å². The van der Waals surface area contributed by atoms with Crippen molar-refractivity contribution >= 4 is 39.0 Å². The maximum Gasteiger partial charge on any atom is 0.337 e. The average molecular weight is 665 g/mol. The van der Waals surface area contributed by atoms with Crippen LogP contribution in [0.3, 0.4) is 0 Å². The Morgan fingerprint density at radius 3 is 2.33 bits per heavy atom. The topological polar surface area (TPSA) is 126 Å². The quantitative estimate of drug-likeness (QED) is 0.0916. The van der Waals surface area contributed by atoms with Gasteiger partial charge in [0.05, 0.1) is 42.1 Å². The van der Waals surface area contributed by atoms with Gasteiger partial charge in [0.15, 0.2) is 0 Å². The highest BCUT2D eigenvalue weighted by atomic mass is 32.2. The van der Waals surface area contributed by atoms with Crippen molar-refractivity contribution in [2.45, 2.75) is 30.2 Å². The lowest BCUT2D eigenvalue weighted by Gasteiger charge is -2.37. The number of esters is 1. The Morgan fingerprint density at radius 2 is 1.65 bits per heavy atom. The number of nitrogens with zero attached hydrogens (tertiary/aromatic N) is 2. The predicted molar refractivity (Wildman–Crippen MR) is 185 cm³/mol. The smallest absolute Gasteiger partial charge is 0.337 e. The second-order valence-electron chi connectivity index (χ2n) is 11.6. The molecule has 0 spiro atoms. The number of amides is 1. The molecule has 3 atom stereocenters. The van der Waals surface area contributed by atoms with Crippen molar-refractivity contribution in [2.24, 2.45) is 11.0 Å². The molecule has 0 fully saturated rings. The Balaban J connectivity index is 1.19. The lowest BCUT2D eigenvalue weighted by atomic mass is 9.76. The van der Waals surface area contributed by atoms with Crippen LogP contribution in [0.4, 0.5) is 11.4 Å². The van der Waals surface area contributed by atoms with E-state index in [-0.39, 0.29) is 28.7 Å². The maximum atomic E-state index is 13.7. The number of hydrazone groups is 1.